The van der Waals surface area contributed by atoms with Gasteiger partial charge in [-0.2, -0.15) is 0 Å². The summed E-state index contributed by atoms with van der Waals surface area (Å²) in [5.74, 6) is -0.285. The van der Waals surface area contributed by atoms with Crippen molar-refractivity contribution >= 4 is 28.8 Å². The lowest BCUT2D eigenvalue weighted by Gasteiger charge is -2.35. The summed E-state index contributed by atoms with van der Waals surface area (Å²) < 4.78 is 0. The van der Waals surface area contributed by atoms with E-state index in [9.17, 15) is 9.59 Å². The Balaban J connectivity index is 1.62. The topological polar surface area (TPSA) is 91.6 Å². The molecule has 1 aliphatic rings. The van der Waals surface area contributed by atoms with E-state index in [0.717, 1.165) is 30.9 Å². The molecule has 1 aromatic heterocycles. The predicted octanol–water partition coefficient (Wildman–Crippen LogP) is 2.02. The lowest BCUT2D eigenvalue weighted by Crippen LogP contribution is -2.47. The van der Waals surface area contributed by atoms with Crippen molar-refractivity contribution < 1.29 is 9.59 Å². The SMILES string of the molecule is CN1CCCC(N(C)C(=O)c2ccc(NC(=O)c3csc(CN)n3)cc2)C1. The van der Waals surface area contributed by atoms with Crippen LogP contribution in [0.2, 0.25) is 0 Å². The van der Waals surface area contributed by atoms with Crippen LogP contribution in [0.1, 0.15) is 38.7 Å². The van der Waals surface area contributed by atoms with Crippen molar-refractivity contribution in [3.05, 3.63) is 45.9 Å². The number of hydrogen-bond donors (Lipinski definition) is 2. The minimum absolute atomic E-state index is 0.000246. The van der Waals surface area contributed by atoms with Gasteiger partial charge in [-0.3, -0.25) is 9.59 Å². The summed E-state index contributed by atoms with van der Waals surface area (Å²) >= 11 is 1.36. The lowest BCUT2D eigenvalue weighted by atomic mass is 10.0. The summed E-state index contributed by atoms with van der Waals surface area (Å²) in [6, 6.07) is 7.20. The third-order valence-electron chi connectivity index (χ3n) is 4.82. The second-order valence-corrected chi connectivity index (χ2v) is 7.78. The molecule has 1 fully saturated rings. The third kappa shape index (κ3) is 4.71. The van der Waals surface area contributed by atoms with E-state index in [2.05, 4.69) is 22.2 Å². The van der Waals surface area contributed by atoms with Gasteiger partial charge in [0, 0.05) is 42.8 Å². The first-order valence-corrected chi connectivity index (χ1v) is 9.87. The zero-order chi connectivity index (χ0) is 19.4. The van der Waals surface area contributed by atoms with Gasteiger partial charge in [-0.05, 0) is 50.7 Å². The van der Waals surface area contributed by atoms with Crippen LogP contribution >= 0.6 is 11.3 Å². The van der Waals surface area contributed by atoms with Crippen LogP contribution < -0.4 is 11.1 Å². The monoisotopic (exact) mass is 387 g/mol. The molecule has 1 saturated heterocycles. The van der Waals surface area contributed by atoms with E-state index in [-0.39, 0.29) is 17.9 Å². The number of anilines is 1. The maximum atomic E-state index is 12.7. The number of nitrogens with one attached hydrogen (secondary N) is 1. The summed E-state index contributed by atoms with van der Waals surface area (Å²) in [7, 11) is 3.94. The van der Waals surface area contributed by atoms with Crippen LogP contribution in [0.5, 0.6) is 0 Å². The Morgan fingerprint density at radius 1 is 1.37 bits per heavy atom. The highest BCUT2D eigenvalue weighted by Crippen LogP contribution is 2.18. The fraction of sp³-hybridized carbons (Fsp3) is 0.421. The van der Waals surface area contributed by atoms with E-state index in [4.69, 9.17) is 5.73 Å². The van der Waals surface area contributed by atoms with Crippen LogP contribution in [0.15, 0.2) is 29.6 Å². The molecule has 7 nitrogen and oxygen atoms in total. The molecule has 1 aliphatic heterocycles. The molecule has 3 N–H and O–H groups in total. The molecule has 3 rings (SSSR count). The minimum atomic E-state index is -0.285. The van der Waals surface area contributed by atoms with Gasteiger partial charge in [-0.15, -0.1) is 11.3 Å². The van der Waals surface area contributed by atoms with E-state index in [1.807, 2.05) is 11.9 Å². The molecule has 1 unspecified atom stereocenters. The molecule has 1 atom stereocenters. The van der Waals surface area contributed by atoms with Crippen molar-refractivity contribution in [1.82, 2.24) is 14.8 Å². The first-order chi connectivity index (χ1) is 13.0. The van der Waals surface area contributed by atoms with Gasteiger partial charge in [0.25, 0.3) is 11.8 Å². The van der Waals surface area contributed by atoms with Crippen molar-refractivity contribution in [3.63, 3.8) is 0 Å². The number of aromatic nitrogens is 1. The van der Waals surface area contributed by atoms with Crippen LogP contribution in [-0.2, 0) is 6.54 Å². The molecule has 0 bridgehead atoms. The normalized spacial score (nSPS) is 17.5. The van der Waals surface area contributed by atoms with Crippen LogP contribution in [0.3, 0.4) is 0 Å². The van der Waals surface area contributed by atoms with E-state index in [1.54, 1.807) is 29.6 Å². The van der Waals surface area contributed by atoms with Gasteiger partial charge in [0.2, 0.25) is 0 Å². The Hall–Kier alpha value is -2.29. The number of amides is 2. The highest BCUT2D eigenvalue weighted by Gasteiger charge is 2.25. The molecule has 2 aromatic rings. The number of thiazole rings is 1. The maximum absolute atomic E-state index is 12.7. The highest BCUT2D eigenvalue weighted by molar-refractivity contribution is 7.09. The van der Waals surface area contributed by atoms with Crippen molar-refractivity contribution in [2.24, 2.45) is 5.73 Å². The third-order valence-corrected chi connectivity index (χ3v) is 5.69. The summed E-state index contributed by atoms with van der Waals surface area (Å²) in [6.07, 6.45) is 2.13. The number of carbonyl (C=O) groups is 2. The molecule has 0 radical (unpaired) electrons. The van der Waals surface area contributed by atoms with E-state index < -0.39 is 0 Å². The molecule has 1 aromatic carbocycles. The Morgan fingerprint density at radius 2 is 2.11 bits per heavy atom. The van der Waals surface area contributed by atoms with Gasteiger partial charge in [0.15, 0.2) is 0 Å². The molecule has 8 heteroatoms. The Kier molecular flexibility index (Phi) is 6.20. The molecule has 2 amide bonds. The largest absolute Gasteiger partial charge is 0.337 e. The maximum Gasteiger partial charge on any atom is 0.275 e. The fourth-order valence-corrected chi connectivity index (χ4v) is 3.88. The van der Waals surface area contributed by atoms with Crippen LogP contribution in [-0.4, -0.2) is 59.8 Å². The molecular weight excluding hydrogens is 362 g/mol. The quantitative estimate of drug-likeness (QED) is 0.819. The van der Waals surface area contributed by atoms with Crippen molar-refractivity contribution in [3.8, 4) is 0 Å². The number of benzene rings is 1. The van der Waals surface area contributed by atoms with E-state index in [1.165, 1.54) is 11.3 Å². The summed E-state index contributed by atoms with van der Waals surface area (Å²) in [4.78, 5) is 33.2. The zero-order valence-electron chi connectivity index (χ0n) is 15.6. The molecule has 0 spiro atoms. The summed E-state index contributed by atoms with van der Waals surface area (Å²) in [5, 5.41) is 5.20. The summed E-state index contributed by atoms with van der Waals surface area (Å²) in [6.45, 7) is 2.30. The molecular formula is C19H25N5O2S. The Labute approximate surface area is 163 Å². The van der Waals surface area contributed by atoms with Gasteiger partial charge in [0.05, 0.1) is 0 Å². The summed E-state index contributed by atoms with van der Waals surface area (Å²) in [5.41, 5.74) is 7.11. The smallest absolute Gasteiger partial charge is 0.275 e. The fourth-order valence-electron chi connectivity index (χ4n) is 3.22. The number of rotatable bonds is 5. The van der Waals surface area contributed by atoms with Gasteiger partial charge in [-0.25, -0.2) is 4.98 Å². The molecule has 144 valence electrons. The average Bonchev–Trinajstić information content (AvgIpc) is 3.17. The standard InChI is InChI=1S/C19H25N5O2S/c1-23-9-3-4-15(11-23)24(2)19(26)13-5-7-14(8-6-13)21-18(25)16-12-27-17(10-20)22-16/h5-8,12,15H,3-4,9-11,20H2,1-2H3,(H,21,25). The van der Waals surface area contributed by atoms with Gasteiger partial charge < -0.3 is 20.9 Å². The van der Waals surface area contributed by atoms with Crippen molar-refractivity contribution in [1.29, 1.82) is 0 Å². The number of likely N-dealkylation sites (N-methyl/N-ethyl adjacent to an activating group) is 2. The van der Waals surface area contributed by atoms with Crippen LogP contribution in [0, 0.1) is 0 Å². The van der Waals surface area contributed by atoms with Gasteiger partial charge in [0.1, 0.15) is 10.7 Å². The van der Waals surface area contributed by atoms with Crippen molar-refractivity contribution in [2.45, 2.75) is 25.4 Å². The predicted molar refractivity (Wildman–Crippen MR) is 107 cm³/mol. The number of likely N-dealkylation sites (tertiary alicyclic amines) is 1. The number of piperidine rings is 1. The lowest BCUT2D eigenvalue weighted by molar-refractivity contribution is 0.0644. The van der Waals surface area contributed by atoms with Gasteiger partial charge in [-0.1, -0.05) is 0 Å². The van der Waals surface area contributed by atoms with E-state index in [0.29, 0.717) is 23.5 Å². The number of nitrogens with zero attached hydrogens (tertiary/aromatic N) is 3. The molecule has 2 heterocycles. The Morgan fingerprint density at radius 3 is 2.74 bits per heavy atom. The van der Waals surface area contributed by atoms with Crippen LogP contribution in [0.4, 0.5) is 5.69 Å². The highest BCUT2D eigenvalue weighted by atomic mass is 32.1. The zero-order valence-corrected chi connectivity index (χ0v) is 16.5. The number of carbonyl (C=O) groups excluding carboxylic acids is 2. The van der Waals surface area contributed by atoms with Crippen molar-refractivity contribution in [2.75, 3.05) is 32.5 Å². The first-order valence-electron chi connectivity index (χ1n) is 8.99. The Bertz CT molecular complexity index is 805. The molecule has 0 saturated carbocycles. The molecule has 0 aliphatic carbocycles. The minimum Gasteiger partial charge on any atom is -0.337 e. The van der Waals surface area contributed by atoms with E-state index >= 15 is 0 Å². The first kappa shape index (κ1) is 19.5. The second-order valence-electron chi connectivity index (χ2n) is 6.84. The number of hydrogen-bond acceptors (Lipinski definition) is 6. The van der Waals surface area contributed by atoms with Crippen LogP contribution in [0.25, 0.3) is 0 Å². The molecule has 27 heavy (non-hydrogen) atoms. The van der Waals surface area contributed by atoms with Gasteiger partial charge >= 0.3 is 0 Å². The number of nitrogens with two attached hydrogens (primary N) is 1. The average molecular weight is 388 g/mol. The second kappa shape index (κ2) is 8.60.